The number of fused-ring (bicyclic) bond motifs is 3. The summed E-state index contributed by atoms with van der Waals surface area (Å²) in [5.74, 6) is 0. The minimum absolute atomic E-state index is 0.647. The Labute approximate surface area is 347 Å². The van der Waals surface area contributed by atoms with E-state index in [0.29, 0.717) is 5.56 Å². The summed E-state index contributed by atoms with van der Waals surface area (Å²) < 4.78 is 7.87. The summed E-state index contributed by atoms with van der Waals surface area (Å²) in [5.41, 5.74) is 9.51. The van der Waals surface area contributed by atoms with E-state index >= 15 is 0 Å². The maximum atomic E-state index is 9.50. The van der Waals surface area contributed by atoms with Gasteiger partial charge in [0.05, 0.1) is 11.6 Å². The van der Waals surface area contributed by atoms with Crippen LogP contribution in [0.4, 0.5) is 17.1 Å². The molecule has 3 nitrogen and oxygen atoms in total. The van der Waals surface area contributed by atoms with Gasteiger partial charge in [0.1, 0.15) is 0 Å². The zero-order chi connectivity index (χ0) is 39.6. The van der Waals surface area contributed by atoms with Crippen molar-refractivity contribution < 1.29 is 0 Å². The molecule has 0 amide bonds. The number of para-hydroxylation sites is 1. The molecule has 59 heavy (non-hydrogen) atoms. The van der Waals surface area contributed by atoms with Crippen LogP contribution in [0.5, 0.6) is 0 Å². The minimum atomic E-state index is -3.46. The van der Waals surface area contributed by atoms with E-state index in [9.17, 15) is 5.26 Å². The SMILES string of the molecule is N#Cc1ccc(-n2c3ccccc3c3cc(N(c4ccc(-c5ccccc5)cc4)c4cc[c]([Ge]([c]5ccccc5)([c]5ccccc5)[c]5ccccc5)cc4)ccc32)cc1. The first-order valence-corrected chi connectivity index (χ1v) is 24.2. The molecule has 0 fully saturated rings. The summed E-state index contributed by atoms with van der Waals surface area (Å²) >= 11 is -3.46. The van der Waals surface area contributed by atoms with E-state index in [0.717, 1.165) is 39.2 Å². The molecule has 0 saturated heterocycles. The van der Waals surface area contributed by atoms with Gasteiger partial charge in [0.2, 0.25) is 0 Å². The Morgan fingerprint density at radius 2 is 0.814 bits per heavy atom. The van der Waals surface area contributed by atoms with E-state index in [4.69, 9.17) is 0 Å². The van der Waals surface area contributed by atoms with E-state index in [2.05, 4.69) is 228 Å². The van der Waals surface area contributed by atoms with E-state index in [1.54, 1.807) is 0 Å². The molecular weight excluding hydrogens is 775 g/mol. The second-order valence-corrected chi connectivity index (χ2v) is 22.8. The van der Waals surface area contributed by atoms with Gasteiger partial charge in [-0.2, -0.15) is 5.26 Å². The Balaban J connectivity index is 1.16. The van der Waals surface area contributed by atoms with Crippen molar-refractivity contribution in [2.24, 2.45) is 0 Å². The van der Waals surface area contributed by atoms with Crippen LogP contribution in [0.15, 0.2) is 237 Å². The fraction of sp³-hybridized carbons (Fsp3) is 0. The van der Waals surface area contributed by atoms with Crippen molar-refractivity contribution in [2.45, 2.75) is 0 Å². The van der Waals surface area contributed by atoms with Crippen molar-refractivity contribution in [3.8, 4) is 22.9 Å². The Morgan fingerprint density at radius 3 is 1.37 bits per heavy atom. The number of nitriles is 1. The van der Waals surface area contributed by atoms with Crippen LogP contribution in [0, 0.1) is 11.3 Å². The van der Waals surface area contributed by atoms with Crippen LogP contribution in [-0.4, -0.2) is 17.8 Å². The van der Waals surface area contributed by atoms with Gasteiger partial charge in [-0.1, -0.05) is 6.07 Å². The first-order valence-electron chi connectivity index (χ1n) is 20.0. The second-order valence-electron chi connectivity index (χ2n) is 14.9. The number of hydrogen-bond acceptors (Lipinski definition) is 2. The molecule has 0 aliphatic rings. The van der Waals surface area contributed by atoms with Gasteiger partial charge in [0.15, 0.2) is 0 Å². The van der Waals surface area contributed by atoms with Gasteiger partial charge >= 0.3 is 314 Å². The van der Waals surface area contributed by atoms with Crippen molar-refractivity contribution in [3.05, 3.63) is 242 Å². The Kier molecular flexibility index (Phi) is 9.46. The van der Waals surface area contributed by atoms with Gasteiger partial charge in [-0.05, 0) is 12.1 Å². The molecule has 4 heteroatoms. The summed E-state index contributed by atoms with van der Waals surface area (Å²) in [7, 11) is 0. The van der Waals surface area contributed by atoms with Gasteiger partial charge in [-0.15, -0.1) is 0 Å². The third-order valence-corrected chi connectivity index (χ3v) is 21.6. The molecule has 0 N–H and O–H groups in total. The molecule has 0 saturated carbocycles. The van der Waals surface area contributed by atoms with E-state index in [1.807, 2.05) is 24.3 Å². The van der Waals surface area contributed by atoms with E-state index in [1.165, 1.54) is 34.1 Å². The number of nitrogens with zero attached hydrogens (tertiary/aromatic N) is 3. The van der Waals surface area contributed by atoms with Gasteiger partial charge in [-0.3, -0.25) is 0 Å². The first kappa shape index (κ1) is 36.0. The number of aromatic nitrogens is 1. The molecule has 9 aromatic carbocycles. The van der Waals surface area contributed by atoms with Crippen LogP contribution in [0.1, 0.15) is 5.56 Å². The van der Waals surface area contributed by atoms with Crippen molar-refractivity contribution in [1.29, 1.82) is 5.26 Å². The smallest absolute Gasteiger partial charge is 0.0423 e. The molecule has 0 radical (unpaired) electrons. The van der Waals surface area contributed by atoms with Gasteiger partial charge in [0.25, 0.3) is 0 Å². The summed E-state index contributed by atoms with van der Waals surface area (Å²) in [6, 6.07) is 87.9. The second kappa shape index (κ2) is 15.5. The quantitative estimate of drug-likeness (QED) is 0.136. The first-order chi connectivity index (χ1) is 29.2. The van der Waals surface area contributed by atoms with Crippen LogP contribution in [-0.2, 0) is 0 Å². The van der Waals surface area contributed by atoms with Crippen molar-refractivity contribution in [1.82, 2.24) is 4.57 Å². The van der Waals surface area contributed by atoms with Crippen LogP contribution in [0.25, 0.3) is 38.6 Å². The van der Waals surface area contributed by atoms with Crippen LogP contribution < -0.4 is 22.5 Å². The average Bonchev–Trinajstić information content (AvgIpc) is 3.65. The molecule has 0 unspecified atom stereocenters. The molecule has 0 aliphatic carbocycles. The predicted molar refractivity (Wildman–Crippen MR) is 249 cm³/mol. The summed E-state index contributed by atoms with van der Waals surface area (Å²) in [6.45, 7) is 0. The van der Waals surface area contributed by atoms with Crippen LogP contribution in [0.3, 0.4) is 0 Å². The van der Waals surface area contributed by atoms with Gasteiger partial charge in [-0.25, -0.2) is 0 Å². The summed E-state index contributed by atoms with van der Waals surface area (Å²) in [5, 5.41) is 11.8. The molecule has 1 aromatic heterocycles. The van der Waals surface area contributed by atoms with Gasteiger partial charge < -0.3 is 0 Å². The summed E-state index contributed by atoms with van der Waals surface area (Å²) in [4.78, 5) is 2.38. The zero-order valence-corrected chi connectivity index (χ0v) is 34.5. The standard InChI is InChI=1S/C55H39GeN3/c57-40-41-25-31-50(32-26-41)59-54-24-14-13-23-52(54)53-39-51(37-38-55(53)59)58(48-33-27-43(28-34-48)42-15-5-1-6-16-42)49-35-29-47(30-36-49)56(44-17-7-2-8-18-44,45-19-9-3-10-20-45)46-21-11-4-12-22-46/h1-39H. The summed E-state index contributed by atoms with van der Waals surface area (Å²) in [6.07, 6.45) is 0. The fourth-order valence-electron chi connectivity index (χ4n) is 8.87. The molecule has 10 rings (SSSR count). The molecule has 278 valence electrons. The van der Waals surface area contributed by atoms with E-state index in [-0.39, 0.29) is 0 Å². The Bertz CT molecular complexity index is 2970. The zero-order valence-electron chi connectivity index (χ0n) is 32.4. The van der Waals surface area contributed by atoms with Crippen molar-refractivity contribution in [3.63, 3.8) is 0 Å². The number of hydrogen-bond donors (Lipinski definition) is 0. The molecular formula is C55H39GeN3. The van der Waals surface area contributed by atoms with Crippen LogP contribution in [0.2, 0.25) is 0 Å². The molecule has 0 atom stereocenters. The Hall–Kier alpha value is -7.39. The monoisotopic (exact) mass is 815 g/mol. The molecule has 0 spiro atoms. The molecule has 10 aromatic rings. The van der Waals surface area contributed by atoms with E-state index < -0.39 is 13.3 Å². The minimum Gasteiger partial charge on any atom is -0.0423 e. The third-order valence-electron chi connectivity index (χ3n) is 11.6. The topological polar surface area (TPSA) is 32.0 Å². The predicted octanol–water partition coefficient (Wildman–Crippen LogP) is 11.2. The van der Waals surface area contributed by atoms with Crippen LogP contribution >= 0.6 is 0 Å². The number of benzene rings is 9. The maximum absolute atomic E-state index is 9.50. The third kappa shape index (κ3) is 6.41. The molecule has 0 aliphatic heterocycles. The normalized spacial score (nSPS) is 11.4. The fourth-order valence-corrected chi connectivity index (χ4v) is 18.8. The molecule has 1 heterocycles. The van der Waals surface area contributed by atoms with Gasteiger partial charge in [0, 0.05) is 0 Å². The number of rotatable bonds is 9. The van der Waals surface area contributed by atoms with Crippen molar-refractivity contribution >= 4 is 69.7 Å². The molecule has 0 bridgehead atoms. The Morgan fingerprint density at radius 1 is 0.373 bits per heavy atom. The average molecular weight is 815 g/mol. The number of anilines is 3. The van der Waals surface area contributed by atoms with Crippen molar-refractivity contribution in [2.75, 3.05) is 4.90 Å².